The fraction of sp³-hybridized carbons (Fsp3) is 0.120. The summed E-state index contributed by atoms with van der Waals surface area (Å²) in [5.41, 5.74) is 2.59. The standard InChI is InChI=1S/C25H23NO/c1-2-10-24(11-3-1)27-25-12-6-7-21(18-25)19-26-16-15-20-13-14-22-8-4-5-9-23(22)17-20/h1-14,17-18,26H,15-16,19H2. The van der Waals surface area contributed by atoms with Crippen LogP contribution in [0.15, 0.2) is 97.1 Å². The molecule has 0 aliphatic carbocycles. The molecular weight excluding hydrogens is 330 g/mol. The van der Waals surface area contributed by atoms with Crippen LogP contribution in [-0.2, 0) is 13.0 Å². The summed E-state index contributed by atoms with van der Waals surface area (Å²) >= 11 is 0. The first kappa shape index (κ1) is 17.3. The van der Waals surface area contributed by atoms with Crippen LogP contribution < -0.4 is 10.1 Å². The Balaban J connectivity index is 1.30. The Kier molecular flexibility index (Phi) is 5.47. The highest BCUT2D eigenvalue weighted by atomic mass is 16.5. The van der Waals surface area contributed by atoms with Crippen LogP contribution in [0, 0.1) is 0 Å². The lowest BCUT2D eigenvalue weighted by atomic mass is 10.1. The predicted octanol–water partition coefficient (Wildman–Crippen LogP) is 5.96. The second-order valence-corrected chi connectivity index (χ2v) is 6.67. The molecule has 0 amide bonds. The second kappa shape index (κ2) is 8.52. The molecule has 0 aliphatic heterocycles. The fourth-order valence-electron chi connectivity index (χ4n) is 3.20. The maximum Gasteiger partial charge on any atom is 0.127 e. The quantitative estimate of drug-likeness (QED) is 0.414. The van der Waals surface area contributed by atoms with Gasteiger partial charge in [0.05, 0.1) is 0 Å². The van der Waals surface area contributed by atoms with Crippen LogP contribution in [0.5, 0.6) is 11.5 Å². The monoisotopic (exact) mass is 353 g/mol. The second-order valence-electron chi connectivity index (χ2n) is 6.67. The molecule has 2 nitrogen and oxygen atoms in total. The molecule has 0 aliphatic rings. The summed E-state index contributed by atoms with van der Waals surface area (Å²) in [5, 5.41) is 6.14. The molecule has 0 saturated carbocycles. The van der Waals surface area contributed by atoms with Crippen molar-refractivity contribution in [3.8, 4) is 11.5 Å². The molecular formula is C25H23NO. The van der Waals surface area contributed by atoms with Gasteiger partial charge in [-0.2, -0.15) is 0 Å². The minimum absolute atomic E-state index is 0.833. The van der Waals surface area contributed by atoms with E-state index in [0.29, 0.717) is 0 Å². The smallest absolute Gasteiger partial charge is 0.127 e. The van der Waals surface area contributed by atoms with Crippen LogP contribution >= 0.6 is 0 Å². The Bertz CT molecular complexity index is 1010. The maximum absolute atomic E-state index is 5.91. The highest BCUT2D eigenvalue weighted by molar-refractivity contribution is 5.82. The molecule has 4 aromatic carbocycles. The van der Waals surface area contributed by atoms with Crippen LogP contribution in [0.4, 0.5) is 0 Å². The van der Waals surface area contributed by atoms with Gasteiger partial charge in [0.15, 0.2) is 0 Å². The lowest BCUT2D eigenvalue weighted by Crippen LogP contribution is -2.16. The minimum Gasteiger partial charge on any atom is -0.457 e. The Morgan fingerprint density at radius 1 is 0.593 bits per heavy atom. The van der Waals surface area contributed by atoms with E-state index in [0.717, 1.165) is 31.0 Å². The molecule has 0 atom stereocenters. The summed E-state index contributed by atoms with van der Waals surface area (Å²) in [6.45, 7) is 1.78. The van der Waals surface area contributed by atoms with Crippen molar-refractivity contribution in [3.63, 3.8) is 0 Å². The van der Waals surface area contributed by atoms with Gasteiger partial charge >= 0.3 is 0 Å². The van der Waals surface area contributed by atoms with Gasteiger partial charge in [-0.1, -0.05) is 72.8 Å². The zero-order valence-corrected chi connectivity index (χ0v) is 15.3. The van der Waals surface area contributed by atoms with Crippen LogP contribution in [-0.4, -0.2) is 6.54 Å². The molecule has 4 aromatic rings. The zero-order valence-electron chi connectivity index (χ0n) is 15.3. The highest BCUT2D eigenvalue weighted by Gasteiger charge is 2.00. The van der Waals surface area contributed by atoms with Gasteiger partial charge in [0, 0.05) is 6.54 Å². The molecule has 1 N–H and O–H groups in total. The van der Waals surface area contributed by atoms with E-state index in [1.807, 2.05) is 42.5 Å². The highest BCUT2D eigenvalue weighted by Crippen LogP contribution is 2.21. The topological polar surface area (TPSA) is 21.3 Å². The van der Waals surface area contributed by atoms with E-state index in [9.17, 15) is 0 Å². The summed E-state index contributed by atoms with van der Waals surface area (Å²) in [6.07, 6.45) is 1.02. The van der Waals surface area contributed by atoms with E-state index < -0.39 is 0 Å². The number of rotatable bonds is 7. The number of fused-ring (bicyclic) bond motifs is 1. The molecule has 0 heterocycles. The summed E-state index contributed by atoms with van der Waals surface area (Å²) in [6, 6.07) is 33.3. The van der Waals surface area contributed by atoms with E-state index in [1.165, 1.54) is 21.9 Å². The van der Waals surface area contributed by atoms with Crippen molar-refractivity contribution < 1.29 is 4.74 Å². The van der Waals surface area contributed by atoms with Crippen LogP contribution in [0.3, 0.4) is 0 Å². The Hall–Kier alpha value is -3.10. The van der Waals surface area contributed by atoms with Gasteiger partial charge in [-0.15, -0.1) is 0 Å². The number of benzene rings is 4. The number of para-hydroxylation sites is 1. The van der Waals surface area contributed by atoms with Crippen molar-refractivity contribution >= 4 is 10.8 Å². The zero-order chi connectivity index (χ0) is 18.3. The molecule has 2 heteroatoms. The molecule has 0 saturated heterocycles. The van der Waals surface area contributed by atoms with Crippen molar-refractivity contribution in [3.05, 3.63) is 108 Å². The average molecular weight is 353 g/mol. The summed E-state index contributed by atoms with van der Waals surface area (Å²) in [7, 11) is 0. The third-order valence-corrected chi connectivity index (χ3v) is 4.61. The fourth-order valence-corrected chi connectivity index (χ4v) is 3.20. The molecule has 0 aromatic heterocycles. The normalized spacial score (nSPS) is 10.8. The first-order valence-electron chi connectivity index (χ1n) is 9.37. The molecule has 27 heavy (non-hydrogen) atoms. The van der Waals surface area contributed by atoms with Crippen LogP contribution in [0.1, 0.15) is 11.1 Å². The van der Waals surface area contributed by atoms with Gasteiger partial charge in [0.1, 0.15) is 11.5 Å². The number of ether oxygens (including phenoxy) is 1. The first-order chi connectivity index (χ1) is 13.4. The van der Waals surface area contributed by atoms with Gasteiger partial charge in [-0.25, -0.2) is 0 Å². The Morgan fingerprint density at radius 3 is 2.26 bits per heavy atom. The van der Waals surface area contributed by atoms with E-state index in [-0.39, 0.29) is 0 Å². The third kappa shape index (κ3) is 4.75. The summed E-state index contributed by atoms with van der Waals surface area (Å²) in [4.78, 5) is 0. The predicted molar refractivity (Wildman–Crippen MR) is 112 cm³/mol. The van der Waals surface area contributed by atoms with Gasteiger partial charge < -0.3 is 10.1 Å². The lowest BCUT2D eigenvalue weighted by Gasteiger charge is -2.09. The molecule has 0 unspecified atom stereocenters. The summed E-state index contributed by atoms with van der Waals surface area (Å²) < 4.78 is 5.91. The molecule has 0 radical (unpaired) electrons. The van der Waals surface area contributed by atoms with Crippen molar-refractivity contribution in [2.24, 2.45) is 0 Å². The maximum atomic E-state index is 5.91. The molecule has 134 valence electrons. The minimum atomic E-state index is 0.833. The van der Waals surface area contributed by atoms with Gasteiger partial charge in [0.25, 0.3) is 0 Å². The van der Waals surface area contributed by atoms with Crippen molar-refractivity contribution in [2.75, 3.05) is 6.54 Å². The van der Waals surface area contributed by atoms with E-state index >= 15 is 0 Å². The largest absolute Gasteiger partial charge is 0.457 e. The Labute approximate surface area is 160 Å². The lowest BCUT2D eigenvalue weighted by molar-refractivity contribution is 0.481. The Morgan fingerprint density at radius 2 is 1.37 bits per heavy atom. The van der Waals surface area contributed by atoms with Crippen LogP contribution in [0.2, 0.25) is 0 Å². The van der Waals surface area contributed by atoms with E-state index in [1.54, 1.807) is 0 Å². The molecule has 0 fully saturated rings. The van der Waals surface area contributed by atoms with Gasteiger partial charge in [0.2, 0.25) is 0 Å². The van der Waals surface area contributed by atoms with Crippen molar-refractivity contribution in [2.45, 2.75) is 13.0 Å². The van der Waals surface area contributed by atoms with E-state index in [4.69, 9.17) is 4.74 Å². The third-order valence-electron chi connectivity index (χ3n) is 4.61. The molecule has 4 rings (SSSR count). The van der Waals surface area contributed by atoms with E-state index in [2.05, 4.69) is 59.9 Å². The molecule has 0 spiro atoms. The SMILES string of the molecule is c1ccc(Oc2cccc(CNCCc3ccc4ccccc4c3)c2)cc1. The number of hydrogen-bond acceptors (Lipinski definition) is 2. The average Bonchev–Trinajstić information content (AvgIpc) is 2.72. The summed E-state index contributed by atoms with van der Waals surface area (Å²) in [5.74, 6) is 1.73. The number of nitrogens with one attached hydrogen (secondary N) is 1. The first-order valence-corrected chi connectivity index (χ1v) is 9.37. The van der Waals surface area contributed by atoms with Gasteiger partial charge in [-0.05, 0) is 59.1 Å². The van der Waals surface area contributed by atoms with Crippen LogP contribution in [0.25, 0.3) is 10.8 Å². The van der Waals surface area contributed by atoms with Crippen molar-refractivity contribution in [1.29, 1.82) is 0 Å². The molecule has 0 bridgehead atoms. The van der Waals surface area contributed by atoms with Gasteiger partial charge in [-0.3, -0.25) is 0 Å². The number of hydrogen-bond donors (Lipinski definition) is 1. The van der Waals surface area contributed by atoms with Crippen molar-refractivity contribution in [1.82, 2.24) is 5.32 Å².